The van der Waals surface area contributed by atoms with E-state index in [9.17, 15) is 42.0 Å². The van der Waals surface area contributed by atoms with Crippen LogP contribution in [-0.4, -0.2) is 164 Å². The summed E-state index contributed by atoms with van der Waals surface area (Å²) in [6, 6.07) is 68.1. The van der Waals surface area contributed by atoms with Gasteiger partial charge >= 0.3 is 49.9 Å². The maximum absolute atomic E-state index is 13.7. The molecule has 0 atom stereocenters. The number of esters is 4. The second-order valence-electron chi connectivity index (χ2n) is 29.0. The molecule has 9 aromatic heterocycles. The van der Waals surface area contributed by atoms with E-state index in [2.05, 4.69) is 74.2 Å². The molecule has 13 heterocycles. The first-order valence-corrected chi connectivity index (χ1v) is 48.3. The van der Waals surface area contributed by atoms with Gasteiger partial charge in [-0.15, -0.1) is 45.3 Å². The van der Waals surface area contributed by atoms with E-state index in [1.165, 1.54) is 85.0 Å². The summed E-state index contributed by atoms with van der Waals surface area (Å²) in [6.45, 7) is 12.7. The number of nitrogens with one attached hydrogen (secondary N) is 1. The molecule has 4 N–H and O–H groups in total. The zero-order chi connectivity index (χ0) is 93.7. The molecule has 2 amide bonds. The van der Waals surface area contributed by atoms with Crippen LogP contribution in [0, 0.1) is 6.92 Å². The van der Waals surface area contributed by atoms with Crippen LogP contribution in [0.25, 0.3) is 53.0 Å². The van der Waals surface area contributed by atoms with E-state index in [0.29, 0.717) is 134 Å². The van der Waals surface area contributed by atoms with Crippen molar-refractivity contribution in [1.82, 2.24) is 24.9 Å². The van der Waals surface area contributed by atoms with E-state index >= 15 is 0 Å². The van der Waals surface area contributed by atoms with Crippen LogP contribution in [0.15, 0.2) is 251 Å². The second-order valence-corrected chi connectivity index (χ2v) is 37.1. The Bertz CT molecular complexity index is 6650. The van der Waals surface area contributed by atoms with Gasteiger partial charge in [0.05, 0.1) is 68.3 Å². The number of rotatable bonds is 17. The van der Waals surface area contributed by atoms with Gasteiger partial charge in [0.15, 0.2) is 0 Å². The Morgan fingerprint density at radius 2 is 0.858 bits per heavy atom. The number of carbonyl (C=O) groups excluding carboxylic acids is 7. The summed E-state index contributed by atoms with van der Waals surface area (Å²) >= 11 is 17.3. The average Bonchev–Trinajstić information content (AvgIpc) is 1.61. The molecule has 0 radical (unpaired) electrons. The first-order valence-electron chi connectivity index (χ1n) is 41.6. The molecule has 5 aromatic carbocycles. The third kappa shape index (κ3) is 25.0. The van der Waals surface area contributed by atoms with E-state index in [-0.39, 0.29) is 70.6 Å². The number of nitrogens with zero attached hydrogens (tertiary/aromatic N) is 8. The van der Waals surface area contributed by atoms with Crippen LogP contribution in [0.1, 0.15) is 126 Å². The molecule has 4 aliphatic rings. The molecule has 0 saturated carbocycles. The SMILES string of the molecule is CCOC(=O)c1cc2c(s1)-c1ccccc1N(C(=O)c1cccc(-c3ccc(OC)nc3)n1)CC2.CCOC(=O)c1cc2c(s1)-c1ccccc1N(C(=O)c1cccc(Br)n1)CC2.CCOC(=O)c1cc2c(s1)-c1ccccc1N(S(=O)(=O)c1ccc(C)cc1)CC2.CCOC(=O)c1cc2c(s1)-c1ccccc1NCC2.COc1ccc(B(O)O)cn1.O=C(Cl)c1cccc(Br)n1.[Li+].[OH-]. The normalized spacial score (nSPS) is 12.1. The largest absolute Gasteiger partial charge is 1.00 e. The Morgan fingerprint density at radius 1 is 0.463 bits per heavy atom. The fourth-order valence-electron chi connectivity index (χ4n) is 14.3. The Morgan fingerprint density at radius 3 is 1.28 bits per heavy atom. The molecule has 18 rings (SSSR count). The van der Waals surface area contributed by atoms with Crippen molar-refractivity contribution in [3.63, 3.8) is 0 Å². The first kappa shape index (κ1) is 103. The minimum atomic E-state index is -3.70. The van der Waals surface area contributed by atoms with Gasteiger partial charge in [-0.1, -0.05) is 115 Å². The molecular weight excluding hydrogens is 1950 g/mol. The molecule has 134 heavy (non-hydrogen) atoms. The smallest absolute Gasteiger partial charge is 0.870 e. The monoisotopic (exact) mass is 2040 g/mol. The molecule has 4 aliphatic heterocycles. The van der Waals surface area contributed by atoms with Gasteiger partial charge in [0, 0.05) is 103 Å². The number of amides is 2. The number of sulfonamides is 1. The molecule has 0 aliphatic carbocycles. The number of anilines is 4. The van der Waals surface area contributed by atoms with Crippen LogP contribution in [0.3, 0.4) is 0 Å². The summed E-state index contributed by atoms with van der Waals surface area (Å²) in [7, 11) is -2.10. The van der Waals surface area contributed by atoms with Crippen molar-refractivity contribution in [3.8, 4) is 64.8 Å². The third-order valence-electron chi connectivity index (χ3n) is 20.5. The Hall–Kier alpha value is -11.9. The van der Waals surface area contributed by atoms with Crippen molar-refractivity contribution in [2.75, 3.05) is 86.2 Å². The van der Waals surface area contributed by atoms with Crippen molar-refractivity contribution in [1.29, 1.82) is 0 Å². The van der Waals surface area contributed by atoms with Crippen molar-refractivity contribution in [3.05, 3.63) is 310 Å². The fraction of sp³-hybridized carbons (Fsp3) is 0.196. The minimum absolute atomic E-state index is 0. The number of aryl methyl sites for hydroxylation is 1. The molecule has 27 nitrogen and oxygen atoms in total. The number of fused-ring (bicyclic) bond motifs is 12. The predicted octanol–water partition coefficient (Wildman–Crippen LogP) is 16.2. The van der Waals surface area contributed by atoms with Crippen LogP contribution in [-0.2, 0) is 54.7 Å². The number of ether oxygens (including phenoxy) is 6. The number of carbonyl (C=O) groups is 7. The van der Waals surface area contributed by atoms with Crippen LogP contribution in [0.5, 0.6) is 11.8 Å². The number of hydrogen-bond donors (Lipinski definition) is 3. The van der Waals surface area contributed by atoms with E-state index in [4.69, 9.17) is 50.1 Å². The molecule has 0 fully saturated rings. The molecule has 0 spiro atoms. The predicted molar refractivity (Wildman–Crippen MR) is 526 cm³/mol. The van der Waals surface area contributed by atoms with Crippen LogP contribution < -0.4 is 53.2 Å². The summed E-state index contributed by atoms with van der Waals surface area (Å²) in [5.74, 6) is -0.529. The summed E-state index contributed by atoms with van der Waals surface area (Å²) in [6.07, 6.45) is 5.75. The van der Waals surface area contributed by atoms with Gasteiger partial charge < -0.3 is 59.1 Å². The van der Waals surface area contributed by atoms with Crippen LogP contribution in [0.2, 0.25) is 0 Å². The molecule has 14 aromatic rings. The summed E-state index contributed by atoms with van der Waals surface area (Å²) in [5.41, 5.74) is 15.3. The van der Waals surface area contributed by atoms with Gasteiger partial charge in [-0.05, 0) is 235 Å². The summed E-state index contributed by atoms with van der Waals surface area (Å²) < 4.78 is 60.0. The van der Waals surface area contributed by atoms with E-state index in [1.807, 2.05) is 141 Å². The number of halogens is 3. The van der Waals surface area contributed by atoms with E-state index in [0.717, 1.165) is 89.2 Å². The van der Waals surface area contributed by atoms with Crippen molar-refractivity contribution in [2.24, 2.45) is 0 Å². The van der Waals surface area contributed by atoms with Gasteiger partial charge in [0.2, 0.25) is 11.8 Å². The topological polar surface area (TPSA) is 366 Å². The molecule has 0 saturated heterocycles. The number of benzene rings is 5. The number of pyridine rings is 5. The first-order chi connectivity index (χ1) is 63.8. The third-order valence-corrected chi connectivity index (χ3v) is 28.2. The fourth-order valence-corrected chi connectivity index (χ4v) is 21.2. The molecule has 0 bridgehead atoms. The van der Waals surface area contributed by atoms with Crippen molar-refractivity contribution >= 4 is 175 Å². The van der Waals surface area contributed by atoms with E-state index in [1.54, 1.807) is 123 Å². The number of para-hydroxylation sites is 4. The minimum Gasteiger partial charge on any atom is -0.870 e. The average molecular weight is 2040 g/mol. The molecule has 37 heteroatoms. The van der Waals surface area contributed by atoms with Gasteiger partial charge in [-0.25, -0.2) is 52.5 Å². The summed E-state index contributed by atoms with van der Waals surface area (Å²) in [5, 5.41) is 20.2. The zero-order valence-electron chi connectivity index (χ0n) is 73.8. The number of aromatic nitrogens is 5. The maximum Gasteiger partial charge on any atom is 1.00 e. The zero-order valence-corrected chi connectivity index (χ0v) is 81.8. The second kappa shape index (κ2) is 48.3. The van der Waals surface area contributed by atoms with E-state index < -0.39 is 22.4 Å². The number of hydrogen-bond acceptors (Lipinski definition) is 28. The van der Waals surface area contributed by atoms with Gasteiger partial charge in [0.25, 0.3) is 27.1 Å². The van der Waals surface area contributed by atoms with Gasteiger partial charge in [0.1, 0.15) is 45.8 Å². The quantitative estimate of drug-likeness (QED) is 0.0250. The standard InChI is InChI=1S/C27H23N3O4S.C22H21NO4S2.C21H17BrN2O3S.C15H15NO2S.C6H8BNO3.C6H3BrClNO.Li.H2O/c1-3-34-27(32)23-15-17-13-14-30(22-10-5-4-7-19(22)25(17)35-23)26(31)21-9-6-8-20(29-21)18-11-12-24(33-2)28-16-18;1-3-27-22(24)20-14-16-12-13-23(19-7-5-4-6-18(19)21(16)28-20)29(25,26)17-10-8-15(2)9-11-17;1-2-27-21(26)17-12-13-10-11-24(20(25)15-7-5-9-18(22)23-15)16-8-4-3-6-14(16)19(13)28-17;1-2-18-15(17)13-9-10-7-8-16-12-6-4-3-5-11(12)14(10)19-13;1-11-6-3-2-5(4-8-6)7(9)10;7-5-3-1-2-4(9-5)6(8)10;;/h4-12,15-16H,3,13-14H2,1-2H3;4-11,14H,3,12-13H2,1-2H3;3-9,12H,2,10-11H2,1H3;3-6,9,16H,2,7-8H2,1H3;2-4,9-10H,1H3;1-3H;;1H2/q;;;;;;+1;/p-1. The molecular formula is C97H88BBr2ClLiN9O18S5. The molecule has 684 valence electrons. The molecule has 0 unspecified atom stereocenters. The maximum atomic E-state index is 13.7. The Balaban J connectivity index is 0.000000161. The number of thiophene rings is 4. The van der Waals surface area contributed by atoms with Crippen LogP contribution >= 0.6 is 88.8 Å². The van der Waals surface area contributed by atoms with Crippen molar-refractivity contribution < 1.29 is 105 Å². The van der Waals surface area contributed by atoms with Gasteiger partial charge in [-0.3, -0.25) is 18.7 Å². The Kier molecular flexibility index (Phi) is 37.0. The Labute approximate surface area is 824 Å². The van der Waals surface area contributed by atoms with Crippen molar-refractivity contribution in [2.45, 2.75) is 65.2 Å². The summed E-state index contributed by atoms with van der Waals surface area (Å²) in [4.78, 5) is 117. The van der Waals surface area contributed by atoms with Crippen LogP contribution in [0.4, 0.5) is 22.7 Å². The number of methoxy groups -OCH3 is 2. The van der Waals surface area contributed by atoms with Gasteiger partial charge in [-0.2, -0.15) is 0 Å².